The van der Waals surface area contributed by atoms with Crippen LogP contribution in [0.15, 0.2) is 71.8 Å². The predicted octanol–water partition coefficient (Wildman–Crippen LogP) is 3.36. The van der Waals surface area contributed by atoms with Crippen LogP contribution in [0.25, 0.3) is 5.69 Å². The molecule has 1 amide bonds. The van der Waals surface area contributed by atoms with Crippen molar-refractivity contribution in [1.29, 1.82) is 0 Å². The molecule has 2 heterocycles. The second kappa shape index (κ2) is 11.0. The van der Waals surface area contributed by atoms with E-state index in [0.29, 0.717) is 27.8 Å². The van der Waals surface area contributed by atoms with Gasteiger partial charge in [-0.05, 0) is 70.8 Å². The van der Waals surface area contributed by atoms with E-state index in [4.69, 9.17) is 11.6 Å². The van der Waals surface area contributed by atoms with Gasteiger partial charge in [0.1, 0.15) is 18.6 Å². The van der Waals surface area contributed by atoms with Crippen LogP contribution in [0.1, 0.15) is 16.8 Å². The Bertz CT molecular complexity index is 1330. The topological polar surface area (TPSA) is 107 Å². The minimum Gasteiger partial charge on any atom is -0.350 e. The lowest BCUT2D eigenvalue weighted by atomic mass is 10.1. The fourth-order valence-electron chi connectivity index (χ4n) is 3.30. The van der Waals surface area contributed by atoms with E-state index in [2.05, 4.69) is 25.6 Å². The van der Waals surface area contributed by atoms with Crippen LogP contribution < -0.4 is 15.6 Å². The van der Waals surface area contributed by atoms with Crippen molar-refractivity contribution < 1.29 is 4.79 Å². The summed E-state index contributed by atoms with van der Waals surface area (Å²) < 4.78 is 6.05. The van der Waals surface area contributed by atoms with Crippen LogP contribution in [-0.2, 0) is 23.6 Å². The van der Waals surface area contributed by atoms with Crippen molar-refractivity contribution in [2.45, 2.75) is 25.8 Å². The first-order chi connectivity index (χ1) is 16.5. The van der Waals surface area contributed by atoms with Crippen molar-refractivity contribution in [2.24, 2.45) is 0 Å². The number of hydrogen-bond donors (Lipinski definition) is 2. The second-order valence-electron chi connectivity index (χ2n) is 7.46. The average Bonchev–Trinajstić information content (AvgIpc) is 3.37. The Hall–Kier alpha value is -3.63. The van der Waals surface area contributed by atoms with Gasteiger partial charge in [0, 0.05) is 23.0 Å². The van der Waals surface area contributed by atoms with Crippen molar-refractivity contribution in [3.05, 3.63) is 99.2 Å². The number of rotatable bonds is 9. The van der Waals surface area contributed by atoms with Gasteiger partial charge in [-0.2, -0.15) is 0 Å². The predicted molar refractivity (Wildman–Crippen MR) is 133 cm³/mol. The van der Waals surface area contributed by atoms with Gasteiger partial charge < -0.3 is 14.6 Å². The number of aromatic nitrogens is 5. The summed E-state index contributed by atoms with van der Waals surface area (Å²) in [5.41, 5.74) is 3.45. The maximum atomic E-state index is 13.0. The molecule has 0 bridgehead atoms. The number of carbonyl (C=O) groups is 1. The quantitative estimate of drug-likeness (QED) is 0.343. The van der Waals surface area contributed by atoms with Gasteiger partial charge in [-0.3, -0.25) is 9.59 Å². The monoisotopic (exact) mass is 495 g/mol. The van der Waals surface area contributed by atoms with Gasteiger partial charge in [0.15, 0.2) is 0 Å². The lowest BCUT2D eigenvalue weighted by molar-refractivity contribution is -0.121. The van der Waals surface area contributed by atoms with Gasteiger partial charge in [0.05, 0.1) is 5.69 Å². The number of carbonyl (C=O) groups excluding carboxylic acids is 1. The van der Waals surface area contributed by atoms with Crippen molar-refractivity contribution >= 4 is 35.1 Å². The molecule has 0 aliphatic carbocycles. The van der Waals surface area contributed by atoms with E-state index in [0.717, 1.165) is 11.1 Å². The number of tetrazole rings is 1. The number of amides is 1. The normalized spacial score (nSPS) is 10.8. The lowest BCUT2D eigenvalue weighted by Gasteiger charge is -2.14. The highest BCUT2D eigenvalue weighted by Crippen LogP contribution is 2.19. The molecule has 9 nitrogen and oxygen atoms in total. The molecule has 2 aromatic carbocycles. The highest BCUT2D eigenvalue weighted by molar-refractivity contribution is 7.99. The molecule has 174 valence electrons. The molecule has 0 saturated heterocycles. The molecule has 0 spiro atoms. The highest BCUT2D eigenvalue weighted by atomic mass is 35.5. The Balaban J connectivity index is 1.41. The fourth-order valence-corrected chi connectivity index (χ4v) is 4.24. The van der Waals surface area contributed by atoms with Gasteiger partial charge in [-0.1, -0.05) is 41.9 Å². The number of hydrogen-bond acceptors (Lipinski definition) is 7. The number of halogens is 1. The first kappa shape index (κ1) is 23.5. The van der Waals surface area contributed by atoms with E-state index in [-0.39, 0.29) is 24.6 Å². The summed E-state index contributed by atoms with van der Waals surface area (Å²) in [7, 11) is 0. The van der Waals surface area contributed by atoms with Crippen LogP contribution in [0.2, 0.25) is 5.02 Å². The van der Waals surface area contributed by atoms with Crippen molar-refractivity contribution in [2.75, 3.05) is 4.72 Å². The van der Waals surface area contributed by atoms with Crippen LogP contribution in [0, 0.1) is 6.92 Å². The minimum absolute atomic E-state index is 0.107. The molecule has 4 rings (SSSR count). The summed E-state index contributed by atoms with van der Waals surface area (Å²) in [6.45, 7) is 1.89. The SMILES string of the molecule is Cc1ccc(NSCc2ccccc2)c(=O)n1CC(=O)NCc1cc(Cl)ccc1-n1cnnn1. The maximum Gasteiger partial charge on any atom is 0.275 e. The van der Waals surface area contributed by atoms with Crippen LogP contribution in [-0.4, -0.2) is 30.7 Å². The van der Waals surface area contributed by atoms with Crippen LogP contribution >= 0.6 is 23.5 Å². The van der Waals surface area contributed by atoms with Gasteiger partial charge in [-0.15, -0.1) is 5.10 Å². The molecule has 11 heteroatoms. The molecule has 2 aromatic heterocycles. The standard InChI is InChI=1S/C23H22ClN7O2S/c1-16-7-9-20(27-34-14-17-5-3-2-4-6-17)23(33)30(16)13-22(32)25-12-18-11-19(24)8-10-21(18)31-15-26-28-29-31/h2-11,15,27H,12-14H2,1H3,(H,25,32). The van der Waals surface area contributed by atoms with Crippen LogP contribution in [0.3, 0.4) is 0 Å². The Kier molecular flexibility index (Phi) is 7.61. The first-order valence-corrected chi connectivity index (χ1v) is 11.8. The molecular weight excluding hydrogens is 474 g/mol. The first-order valence-electron chi connectivity index (χ1n) is 10.4. The summed E-state index contributed by atoms with van der Waals surface area (Å²) in [6.07, 6.45) is 1.46. The molecule has 0 aliphatic rings. The number of benzene rings is 2. The smallest absolute Gasteiger partial charge is 0.275 e. The second-order valence-corrected chi connectivity index (χ2v) is 8.68. The van der Waals surface area contributed by atoms with Crippen molar-refractivity contribution in [3.8, 4) is 5.69 Å². The summed E-state index contributed by atoms with van der Waals surface area (Å²) in [6, 6.07) is 18.7. The molecule has 0 radical (unpaired) electrons. The summed E-state index contributed by atoms with van der Waals surface area (Å²) in [4.78, 5) is 25.7. The van der Waals surface area contributed by atoms with Crippen LogP contribution in [0.4, 0.5) is 5.69 Å². The Morgan fingerprint density at radius 3 is 2.71 bits per heavy atom. The van der Waals surface area contributed by atoms with Crippen LogP contribution in [0.5, 0.6) is 0 Å². The van der Waals surface area contributed by atoms with Gasteiger partial charge in [-0.25, -0.2) is 4.68 Å². The molecule has 0 atom stereocenters. The van der Waals surface area contributed by atoms with Crippen molar-refractivity contribution in [1.82, 2.24) is 30.1 Å². The molecule has 0 saturated carbocycles. The number of nitrogens with one attached hydrogen (secondary N) is 2. The zero-order valence-electron chi connectivity index (χ0n) is 18.3. The summed E-state index contributed by atoms with van der Waals surface area (Å²) >= 11 is 7.56. The number of nitrogens with zero attached hydrogens (tertiary/aromatic N) is 5. The zero-order valence-corrected chi connectivity index (χ0v) is 19.9. The maximum absolute atomic E-state index is 13.0. The number of anilines is 1. The Morgan fingerprint density at radius 1 is 1.12 bits per heavy atom. The van der Waals surface area contributed by atoms with Gasteiger partial charge >= 0.3 is 0 Å². The van der Waals surface area contributed by atoms with Crippen molar-refractivity contribution in [3.63, 3.8) is 0 Å². The summed E-state index contributed by atoms with van der Waals surface area (Å²) in [5.74, 6) is 0.402. The number of pyridine rings is 1. The fraction of sp³-hybridized carbons (Fsp3) is 0.174. The third-order valence-electron chi connectivity index (χ3n) is 5.07. The number of aryl methyl sites for hydroxylation is 1. The minimum atomic E-state index is -0.304. The molecule has 34 heavy (non-hydrogen) atoms. The molecule has 2 N–H and O–H groups in total. The van der Waals surface area contributed by atoms with Gasteiger partial charge in [0.25, 0.3) is 5.56 Å². The van der Waals surface area contributed by atoms with E-state index < -0.39 is 0 Å². The van der Waals surface area contributed by atoms with E-state index in [1.807, 2.05) is 36.4 Å². The molecule has 0 fully saturated rings. The van der Waals surface area contributed by atoms with E-state index in [1.165, 1.54) is 27.5 Å². The average molecular weight is 496 g/mol. The van der Waals surface area contributed by atoms with E-state index >= 15 is 0 Å². The Labute approximate surface area is 205 Å². The highest BCUT2D eigenvalue weighted by Gasteiger charge is 2.13. The molecular formula is C23H22ClN7O2S. The largest absolute Gasteiger partial charge is 0.350 e. The van der Waals surface area contributed by atoms with E-state index in [9.17, 15) is 9.59 Å². The third-order valence-corrected chi connectivity index (χ3v) is 6.15. The third kappa shape index (κ3) is 5.83. The van der Waals surface area contributed by atoms with E-state index in [1.54, 1.807) is 31.2 Å². The van der Waals surface area contributed by atoms with Gasteiger partial charge in [0.2, 0.25) is 5.91 Å². The summed E-state index contributed by atoms with van der Waals surface area (Å²) in [5, 5.41) is 14.6. The Morgan fingerprint density at radius 2 is 1.94 bits per heavy atom. The lowest BCUT2D eigenvalue weighted by Crippen LogP contribution is -2.33. The molecule has 0 aliphatic heterocycles. The molecule has 0 unspecified atom stereocenters. The zero-order chi connectivity index (χ0) is 23.9. The molecule has 4 aromatic rings.